The fourth-order valence-corrected chi connectivity index (χ4v) is 3.84. The molecule has 1 N–H and O–H groups in total. The Morgan fingerprint density at radius 1 is 1.12 bits per heavy atom. The van der Waals surface area contributed by atoms with Crippen LogP contribution >= 0.6 is 11.3 Å². The summed E-state index contributed by atoms with van der Waals surface area (Å²) in [5, 5.41) is 12.5. The van der Waals surface area contributed by atoms with Crippen LogP contribution in [0.5, 0.6) is 5.75 Å². The fraction of sp³-hybridized carbons (Fsp3) is 0.250. The molecular weight excluding hydrogens is 346 g/mol. The van der Waals surface area contributed by atoms with Gasteiger partial charge in [-0.05, 0) is 18.6 Å². The van der Waals surface area contributed by atoms with E-state index in [2.05, 4.69) is 22.4 Å². The van der Waals surface area contributed by atoms with Crippen LogP contribution < -0.4 is 10.1 Å². The molecule has 1 aliphatic heterocycles. The molecule has 4 rings (SSSR count). The van der Waals surface area contributed by atoms with E-state index in [1.807, 2.05) is 49.4 Å². The number of fused-ring (bicyclic) bond motifs is 1. The Labute approximate surface area is 156 Å². The topological polar surface area (TPSA) is 64.1 Å². The highest BCUT2D eigenvalue weighted by Crippen LogP contribution is 2.40. The van der Waals surface area contributed by atoms with Gasteiger partial charge >= 0.3 is 0 Å². The van der Waals surface area contributed by atoms with Gasteiger partial charge in [0.1, 0.15) is 16.9 Å². The third kappa shape index (κ3) is 3.20. The lowest BCUT2D eigenvalue weighted by molar-refractivity contribution is 0.102. The van der Waals surface area contributed by atoms with Crippen molar-refractivity contribution >= 4 is 22.4 Å². The van der Waals surface area contributed by atoms with E-state index in [1.165, 1.54) is 16.9 Å². The minimum Gasteiger partial charge on any atom is -0.489 e. The average Bonchev–Trinajstić information content (AvgIpc) is 3.20. The van der Waals surface area contributed by atoms with Gasteiger partial charge in [0.2, 0.25) is 5.13 Å². The van der Waals surface area contributed by atoms with E-state index in [0.29, 0.717) is 22.9 Å². The molecule has 5 nitrogen and oxygen atoms in total. The number of hydrogen-bond acceptors (Lipinski definition) is 5. The van der Waals surface area contributed by atoms with Gasteiger partial charge in [0.25, 0.3) is 5.91 Å². The van der Waals surface area contributed by atoms with Gasteiger partial charge in [0.15, 0.2) is 0 Å². The molecule has 132 valence electrons. The summed E-state index contributed by atoms with van der Waals surface area (Å²) in [6.07, 6.45) is 0.769. The molecule has 26 heavy (non-hydrogen) atoms. The standard InChI is InChI=1S/C20H19N3O2S/c1-12-13(2)25-18-15(12)9-6-10-16(18)19(24)21-20-23-22-17(26-20)11-14-7-4-3-5-8-14/h3-10,12-13H,11H2,1-2H3,(H,21,23,24)/t12-,13-/m0/s1. The molecule has 0 saturated carbocycles. The van der Waals surface area contributed by atoms with Gasteiger partial charge in [-0.3, -0.25) is 10.1 Å². The van der Waals surface area contributed by atoms with Gasteiger partial charge in [-0.15, -0.1) is 10.2 Å². The largest absolute Gasteiger partial charge is 0.489 e. The van der Waals surface area contributed by atoms with Crippen LogP contribution in [0.4, 0.5) is 5.13 Å². The molecule has 0 aliphatic carbocycles. The second-order valence-corrected chi connectivity index (χ2v) is 7.52. The van der Waals surface area contributed by atoms with Crippen molar-refractivity contribution in [3.63, 3.8) is 0 Å². The number of benzene rings is 2. The maximum atomic E-state index is 12.7. The summed E-state index contributed by atoms with van der Waals surface area (Å²) < 4.78 is 5.90. The molecule has 0 radical (unpaired) electrons. The minimum atomic E-state index is -0.217. The van der Waals surface area contributed by atoms with E-state index in [9.17, 15) is 4.79 Å². The summed E-state index contributed by atoms with van der Waals surface area (Å²) in [5.74, 6) is 0.737. The van der Waals surface area contributed by atoms with Gasteiger partial charge in [-0.2, -0.15) is 0 Å². The molecule has 0 fully saturated rings. The Morgan fingerprint density at radius 2 is 1.92 bits per heavy atom. The first-order chi connectivity index (χ1) is 12.6. The molecule has 0 unspecified atom stereocenters. The normalized spacial score (nSPS) is 18.2. The number of aromatic nitrogens is 2. The van der Waals surface area contributed by atoms with Crippen LogP contribution in [0.2, 0.25) is 0 Å². The van der Waals surface area contributed by atoms with Crippen LogP contribution in [0.15, 0.2) is 48.5 Å². The molecule has 2 atom stereocenters. The first-order valence-corrected chi connectivity index (χ1v) is 9.40. The van der Waals surface area contributed by atoms with Gasteiger partial charge in [-0.1, -0.05) is 60.7 Å². The summed E-state index contributed by atoms with van der Waals surface area (Å²) in [5.41, 5.74) is 2.78. The van der Waals surface area contributed by atoms with E-state index in [1.54, 1.807) is 6.07 Å². The maximum Gasteiger partial charge on any atom is 0.261 e. The second-order valence-electron chi connectivity index (χ2n) is 6.45. The summed E-state index contributed by atoms with van der Waals surface area (Å²) in [6, 6.07) is 15.8. The molecule has 1 aliphatic rings. The number of nitrogens with zero attached hydrogens (tertiary/aromatic N) is 2. The summed E-state index contributed by atoms with van der Waals surface area (Å²) in [6.45, 7) is 4.13. The van der Waals surface area contributed by atoms with Gasteiger partial charge in [-0.25, -0.2) is 0 Å². The number of rotatable bonds is 4. The van der Waals surface area contributed by atoms with Gasteiger partial charge in [0.05, 0.1) is 5.56 Å². The molecule has 0 saturated heterocycles. The molecule has 2 heterocycles. The Kier molecular flexibility index (Phi) is 4.42. The van der Waals surface area contributed by atoms with Crippen molar-refractivity contribution in [2.24, 2.45) is 0 Å². The lowest BCUT2D eigenvalue weighted by atomic mass is 9.97. The number of nitrogens with one attached hydrogen (secondary N) is 1. The third-order valence-electron chi connectivity index (χ3n) is 4.67. The summed E-state index contributed by atoms with van der Waals surface area (Å²) >= 11 is 1.39. The van der Waals surface area contributed by atoms with Crippen molar-refractivity contribution in [3.8, 4) is 5.75 Å². The molecule has 1 amide bonds. The van der Waals surface area contributed by atoms with Crippen LogP contribution in [0.1, 0.15) is 46.3 Å². The predicted molar refractivity (Wildman–Crippen MR) is 102 cm³/mol. The predicted octanol–water partition coefficient (Wildman–Crippen LogP) is 4.27. The van der Waals surface area contributed by atoms with Gasteiger partial charge in [0, 0.05) is 17.9 Å². The van der Waals surface area contributed by atoms with Crippen molar-refractivity contribution in [2.45, 2.75) is 32.3 Å². The van der Waals surface area contributed by atoms with Crippen LogP contribution in [0.3, 0.4) is 0 Å². The van der Waals surface area contributed by atoms with Crippen molar-refractivity contribution < 1.29 is 9.53 Å². The average molecular weight is 365 g/mol. The Hall–Kier alpha value is -2.73. The smallest absolute Gasteiger partial charge is 0.261 e. The Morgan fingerprint density at radius 3 is 2.73 bits per heavy atom. The summed E-state index contributed by atoms with van der Waals surface area (Å²) in [7, 11) is 0. The van der Waals surface area contributed by atoms with E-state index >= 15 is 0 Å². The quantitative estimate of drug-likeness (QED) is 0.750. The van der Waals surface area contributed by atoms with Crippen LogP contribution in [0, 0.1) is 0 Å². The lowest BCUT2D eigenvalue weighted by Gasteiger charge is -2.08. The van der Waals surface area contributed by atoms with E-state index in [0.717, 1.165) is 10.6 Å². The molecule has 6 heteroatoms. The number of para-hydroxylation sites is 1. The number of carbonyl (C=O) groups excluding carboxylic acids is 1. The van der Waals surface area contributed by atoms with E-state index in [4.69, 9.17) is 4.74 Å². The number of hydrogen-bond donors (Lipinski definition) is 1. The Bertz CT molecular complexity index is 939. The number of ether oxygens (including phenoxy) is 1. The van der Waals surface area contributed by atoms with E-state index < -0.39 is 0 Å². The van der Waals surface area contributed by atoms with Gasteiger partial charge < -0.3 is 4.74 Å². The van der Waals surface area contributed by atoms with E-state index in [-0.39, 0.29) is 17.9 Å². The van der Waals surface area contributed by atoms with Crippen molar-refractivity contribution in [1.29, 1.82) is 0 Å². The minimum absolute atomic E-state index is 0.0676. The number of carbonyl (C=O) groups is 1. The first kappa shape index (κ1) is 16.7. The van der Waals surface area contributed by atoms with Crippen LogP contribution in [-0.4, -0.2) is 22.2 Å². The molecule has 1 aromatic heterocycles. The molecule has 0 bridgehead atoms. The zero-order chi connectivity index (χ0) is 18.1. The van der Waals surface area contributed by atoms with Crippen LogP contribution in [0.25, 0.3) is 0 Å². The van der Waals surface area contributed by atoms with Crippen LogP contribution in [-0.2, 0) is 6.42 Å². The van der Waals surface area contributed by atoms with Crippen molar-refractivity contribution in [3.05, 3.63) is 70.2 Å². The highest BCUT2D eigenvalue weighted by Gasteiger charge is 2.31. The number of amides is 1. The molecule has 3 aromatic rings. The summed E-state index contributed by atoms with van der Waals surface area (Å²) in [4.78, 5) is 12.7. The molecular formula is C20H19N3O2S. The molecule has 2 aromatic carbocycles. The first-order valence-electron chi connectivity index (χ1n) is 8.59. The second kappa shape index (κ2) is 6.88. The number of anilines is 1. The fourth-order valence-electron chi connectivity index (χ4n) is 3.08. The zero-order valence-electron chi connectivity index (χ0n) is 14.6. The highest BCUT2D eigenvalue weighted by molar-refractivity contribution is 7.15. The monoisotopic (exact) mass is 365 g/mol. The van der Waals surface area contributed by atoms with Crippen molar-refractivity contribution in [2.75, 3.05) is 5.32 Å². The lowest BCUT2D eigenvalue weighted by Crippen LogP contribution is -2.14. The Balaban J connectivity index is 1.50. The zero-order valence-corrected chi connectivity index (χ0v) is 15.4. The van der Waals surface area contributed by atoms with Crippen molar-refractivity contribution in [1.82, 2.24) is 10.2 Å². The maximum absolute atomic E-state index is 12.7. The highest BCUT2D eigenvalue weighted by atomic mass is 32.1. The SMILES string of the molecule is C[C@@H]1Oc2c(C(=O)Nc3nnc(Cc4ccccc4)s3)cccc2[C@H]1C. The third-order valence-corrected chi connectivity index (χ3v) is 5.51. The molecule has 0 spiro atoms.